The Labute approximate surface area is 100 Å². The SMILES string of the molecule is C[C@@H](N)c1cc(Cl)ccc1OC1CCOC1. The average Bonchev–Trinajstić information content (AvgIpc) is 2.73. The van der Waals surface area contributed by atoms with E-state index < -0.39 is 0 Å². The van der Waals surface area contributed by atoms with Gasteiger partial charge in [-0.3, -0.25) is 0 Å². The van der Waals surface area contributed by atoms with Gasteiger partial charge in [0.05, 0.1) is 13.2 Å². The van der Waals surface area contributed by atoms with E-state index in [1.807, 2.05) is 25.1 Å². The highest BCUT2D eigenvalue weighted by Gasteiger charge is 2.19. The van der Waals surface area contributed by atoms with Gasteiger partial charge in [0.15, 0.2) is 0 Å². The van der Waals surface area contributed by atoms with Gasteiger partial charge < -0.3 is 15.2 Å². The number of hydrogen-bond acceptors (Lipinski definition) is 3. The first-order valence-electron chi connectivity index (χ1n) is 5.46. The smallest absolute Gasteiger partial charge is 0.124 e. The van der Waals surface area contributed by atoms with Crippen molar-refractivity contribution in [3.8, 4) is 5.75 Å². The van der Waals surface area contributed by atoms with Crippen LogP contribution in [0.15, 0.2) is 18.2 Å². The Morgan fingerprint density at radius 2 is 2.38 bits per heavy atom. The fourth-order valence-electron chi connectivity index (χ4n) is 1.77. The summed E-state index contributed by atoms with van der Waals surface area (Å²) in [5, 5.41) is 0.683. The van der Waals surface area contributed by atoms with Crippen LogP contribution in [0, 0.1) is 0 Å². The molecular weight excluding hydrogens is 226 g/mol. The minimum absolute atomic E-state index is 0.0870. The predicted octanol–water partition coefficient (Wildman–Crippen LogP) is 2.53. The number of nitrogens with two attached hydrogens (primary N) is 1. The lowest BCUT2D eigenvalue weighted by atomic mass is 10.1. The normalized spacial score (nSPS) is 22.1. The van der Waals surface area contributed by atoms with Gasteiger partial charge in [-0.1, -0.05) is 11.6 Å². The zero-order valence-corrected chi connectivity index (χ0v) is 10.0. The number of benzene rings is 1. The second-order valence-electron chi connectivity index (χ2n) is 4.07. The van der Waals surface area contributed by atoms with Crippen molar-refractivity contribution in [3.63, 3.8) is 0 Å². The highest BCUT2D eigenvalue weighted by molar-refractivity contribution is 6.30. The van der Waals surface area contributed by atoms with Crippen molar-refractivity contribution in [1.29, 1.82) is 0 Å². The van der Waals surface area contributed by atoms with Crippen LogP contribution in [0.4, 0.5) is 0 Å². The fraction of sp³-hybridized carbons (Fsp3) is 0.500. The van der Waals surface area contributed by atoms with Crippen molar-refractivity contribution in [2.24, 2.45) is 5.73 Å². The van der Waals surface area contributed by atoms with Crippen LogP contribution < -0.4 is 10.5 Å². The van der Waals surface area contributed by atoms with Gasteiger partial charge in [-0.25, -0.2) is 0 Å². The molecule has 0 aliphatic carbocycles. The molecule has 1 heterocycles. The van der Waals surface area contributed by atoms with Gasteiger partial charge in [0, 0.05) is 23.0 Å². The first kappa shape index (κ1) is 11.7. The minimum Gasteiger partial charge on any atom is -0.488 e. The second-order valence-corrected chi connectivity index (χ2v) is 4.51. The van der Waals surface area contributed by atoms with E-state index in [1.165, 1.54) is 0 Å². The molecule has 0 radical (unpaired) electrons. The summed E-state index contributed by atoms with van der Waals surface area (Å²) >= 11 is 5.94. The summed E-state index contributed by atoms with van der Waals surface area (Å²) in [6, 6.07) is 5.46. The van der Waals surface area contributed by atoms with E-state index in [0.29, 0.717) is 11.6 Å². The molecule has 2 rings (SSSR count). The Kier molecular flexibility index (Phi) is 3.69. The zero-order valence-electron chi connectivity index (χ0n) is 9.28. The van der Waals surface area contributed by atoms with Crippen LogP contribution in [0.5, 0.6) is 5.75 Å². The van der Waals surface area contributed by atoms with E-state index >= 15 is 0 Å². The van der Waals surface area contributed by atoms with E-state index in [2.05, 4.69) is 0 Å². The van der Waals surface area contributed by atoms with Gasteiger partial charge in [0.1, 0.15) is 11.9 Å². The largest absolute Gasteiger partial charge is 0.488 e. The van der Waals surface area contributed by atoms with E-state index in [1.54, 1.807) is 0 Å². The Balaban J connectivity index is 2.18. The Bertz CT molecular complexity index is 362. The summed E-state index contributed by atoms with van der Waals surface area (Å²) in [5.41, 5.74) is 6.83. The Morgan fingerprint density at radius 3 is 3.00 bits per heavy atom. The maximum absolute atomic E-state index is 5.94. The van der Waals surface area contributed by atoms with Gasteiger partial charge in [-0.05, 0) is 25.1 Å². The molecule has 3 nitrogen and oxygen atoms in total. The third-order valence-corrected chi connectivity index (χ3v) is 2.88. The molecule has 2 atom stereocenters. The van der Waals surface area contributed by atoms with Crippen LogP contribution in [0.1, 0.15) is 24.9 Å². The molecule has 0 bridgehead atoms. The summed E-state index contributed by atoms with van der Waals surface area (Å²) in [6.45, 7) is 3.34. The van der Waals surface area contributed by atoms with Gasteiger partial charge in [-0.15, -0.1) is 0 Å². The maximum atomic E-state index is 5.94. The van der Waals surface area contributed by atoms with Crippen LogP contribution in [0.25, 0.3) is 0 Å². The van der Waals surface area contributed by atoms with Crippen LogP contribution in [0.2, 0.25) is 5.02 Å². The van der Waals surface area contributed by atoms with Crippen molar-refractivity contribution in [1.82, 2.24) is 0 Å². The summed E-state index contributed by atoms with van der Waals surface area (Å²) in [5.74, 6) is 0.815. The summed E-state index contributed by atoms with van der Waals surface area (Å²) in [6.07, 6.45) is 1.07. The predicted molar refractivity (Wildman–Crippen MR) is 63.9 cm³/mol. The lowest BCUT2D eigenvalue weighted by Crippen LogP contribution is -2.18. The molecule has 1 aromatic carbocycles. The third kappa shape index (κ3) is 2.67. The second kappa shape index (κ2) is 5.04. The zero-order chi connectivity index (χ0) is 11.5. The topological polar surface area (TPSA) is 44.5 Å². The molecular formula is C12H16ClNO2. The maximum Gasteiger partial charge on any atom is 0.124 e. The molecule has 0 aromatic heterocycles. The number of ether oxygens (including phenoxy) is 2. The number of hydrogen-bond donors (Lipinski definition) is 1. The molecule has 1 aliphatic rings. The van der Waals surface area contributed by atoms with E-state index in [9.17, 15) is 0 Å². The van der Waals surface area contributed by atoms with E-state index in [4.69, 9.17) is 26.8 Å². The lowest BCUT2D eigenvalue weighted by Gasteiger charge is -2.17. The molecule has 1 unspecified atom stereocenters. The monoisotopic (exact) mass is 241 g/mol. The third-order valence-electron chi connectivity index (χ3n) is 2.64. The van der Waals surface area contributed by atoms with Crippen LogP contribution in [0.3, 0.4) is 0 Å². The summed E-state index contributed by atoms with van der Waals surface area (Å²) in [4.78, 5) is 0. The molecule has 16 heavy (non-hydrogen) atoms. The highest BCUT2D eigenvalue weighted by atomic mass is 35.5. The van der Waals surface area contributed by atoms with Gasteiger partial charge in [0.25, 0.3) is 0 Å². The van der Waals surface area contributed by atoms with Gasteiger partial charge >= 0.3 is 0 Å². The highest BCUT2D eigenvalue weighted by Crippen LogP contribution is 2.29. The molecule has 0 spiro atoms. The summed E-state index contributed by atoms with van der Waals surface area (Å²) < 4.78 is 11.1. The first-order valence-corrected chi connectivity index (χ1v) is 5.84. The molecule has 88 valence electrons. The van der Waals surface area contributed by atoms with Gasteiger partial charge in [0.2, 0.25) is 0 Å². The van der Waals surface area contributed by atoms with Crippen LogP contribution >= 0.6 is 11.6 Å². The van der Waals surface area contributed by atoms with E-state index in [0.717, 1.165) is 24.3 Å². The Morgan fingerprint density at radius 1 is 1.56 bits per heavy atom. The molecule has 2 N–H and O–H groups in total. The quantitative estimate of drug-likeness (QED) is 0.885. The molecule has 0 saturated carbocycles. The fourth-order valence-corrected chi connectivity index (χ4v) is 1.95. The molecule has 0 amide bonds. The van der Waals surface area contributed by atoms with Crippen LogP contribution in [-0.4, -0.2) is 19.3 Å². The van der Waals surface area contributed by atoms with Crippen molar-refractivity contribution in [3.05, 3.63) is 28.8 Å². The Hall–Kier alpha value is -0.770. The molecule has 1 fully saturated rings. The molecule has 1 saturated heterocycles. The summed E-state index contributed by atoms with van der Waals surface area (Å²) in [7, 11) is 0. The van der Waals surface area contributed by atoms with Crippen LogP contribution in [-0.2, 0) is 4.74 Å². The van der Waals surface area contributed by atoms with Crippen molar-refractivity contribution in [2.45, 2.75) is 25.5 Å². The lowest BCUT2D eigenvalue weighted by molar-refractivity contribution is 0.140. The number of rotatable bonds is 3. The average molecular weight is 242 g/mol. The standard InChI is InChI=1S/C12H16ClNO2/c1-8(14)11-6-9(13)2-3-12(11)16-10-4-5-15-7-10/h2-3,6,8,10H,4-5,7,14H2,1H3/t8-,10?/m1/s1. The van der Waals surface area contributed by atoms with E-state index in [-0.39, 0.29) is 12.1 Å². The first-order chi connectivity index (χ1) is 7.66. The van der Waals surface area contributed by atoms with Crippen molar-refractivity contribution in [2.75, 3.05) is 13.2 Å². The molecule has 1 aliphatic heterocycles. The van der Waals surface area contributed by atoms with Gasteiger partial charge in [-0.2, -0.15) is 0 Å². The molecule has 1 aromatic rings. The molecule has 4 heteroatoms. The van der Waals surface area contributed by atoms with Crippen molar-refractivity contribution < 1.29 is 9.47 Å². The minimum atomic E-state index is -0.0870. The number of halogens is 1. The van der Waals surface area contributed by atoms with Crippen molar-refractivity contribution >= 4 is 11.6 Å².